The number of carboxylic acids is 1. The summed E-state index contributed by atoms with van der Waals surface area (Å²) in [6.45, 7) is 3.52. The van der Waals surface area contributed by atoms with E-state index in [1.807, 2.05) is 0 Å². The number of carboxylic acid groups (broad SMARTS) is 1. The zero-order chi connectivity index (χ0) is 29.6. The van der Waals surface area contributed by atoms with E-state index in [0.717, 1.165) is 6.07 Å². The smallest absolute Gasteiger partial charge is 0.320 e. The third-order valence-electron chi connectivity index (χ3n) is 8.09. The van der Waals surface area contributed by atoms with Gasteiger partial charge < -0.3 is 20.8 Å². The van der Waals surface area contributed by atoms with E-state index in [9.17, 15) is 41.4 Å². The predicted molar refractivity (Wildman–Crippen MR) is 141 cm³/mol. The number of sulfone groups is 1. The molecule has 2 bridgehead atoms. The summed E-state index contributed by atoms with van der Waals surface area (Å²) >= 11 is 6.25. The molecule has 218 valence electrons. The van der Waals surface area contributed by atoms with Crippen LogP contribution in [0.25, 0.3) is 0 Å². The number of hydrogen-bond acceptors (Lipinski definition) is 6. The maximum absolute atomic E-state index is 13.7. The van der Waals surface area contributed by atoms with E-state index in [0.29, 0.717) is 25.0 Å². The average molecular weight is 603 g/mol. The van der Waals surface area contributed by atoms with Crippen molar-refractivity contribution in [1.29, 1.82) is 0 Å². The molecule has 0 aliphatic heterocycles. The number of amides is 1. The van der Waals surface area contributed by atoms with E-state index in [4.69, 9.17) is 11.6 Å². The number of aliphatic carboxylic acids is 1. The molecule has 4 N–H and O–H groups in total. The van der Waals surface area contributed by atoms with Crippen LogP contribution in [-0.4, -0.2) is 53.9 Å². The fourth-order valence-electron chi connectivity index (χ4n) is 5.91. The topological polar surface area (TPSA) is 133 Å². The first-order valence-corrected chi connectivity index (χ1v) is 14.8. The molecule has 2 fully saturated rings. The number of nitrogens with one attached hydrogen (secondary N) is 2. The molecule has 0 aromatic heterocycles. The van der Waals surface area contributed by atoms with Gasteiger partial charge in [-0.1, -0.05) is 25.4 Å². The second-order valence-electron chi connectivity index (χ2n) is 10.9. The van der Waals surface area contributed by atoms with E-state index in [1.165, 1.54) is 12.1 Å². The lowest BCUT2D eigenvalue weighted by Crippen LogP contribution is -2.57. The Kier molecular flexibility index (Phi) is 8.56. The minimum absolute atomic E-state index is 0.0191. The zero-order valence-electron chi connectivity index (χ0n) is 21.8. The van der Waals surface area contributed by atoms with Crippen LogP contribution in [0.3, 0.4) is 0 Å². The van der Waals surface area contributed by atoms with E-state index < -0.39 is 67.9 Å². The summed E-state index contributed by atoms with van der Waals surface area (Å²) in [5, 5.41) is 25.1. The molecule has 2 aromatic rings. The van der Waals surface area contributed by atoms with Crippen LogP contribution in [0.5, 0.6) is 0 Å². The number of halogens is 4. The first-order valence-electron chi connectivity index (χ1n) is 12.8. The van der Waals surface area contributed by atoms with Crippen molar-refractivity contribution < 1.29 is 41.4 Å². The first-order chi connectivity index (χ1) is 18.6. The Morgan fingerprint density at radius 3 is 2.17 bits per heavy atom. The molecular formula is C27H30ClF3N2O6S. The molecule has 1 amide bonds. The van der Waals surface area contributed by atoms with Crippen LogP contribution in [0.2, 0.25) is 5.02 Å². The highest BCUT2D eigenvalue weighted by atomic mass is 35.5. The van der Waals surface area contributed by atoms with E-state index in [-0.39, 0.29) is 46.5 Å². The molecule has 0 radical (unpaired) electrons. The molecule has 8 nitrogen and oxygen atoms in total. The van der Waals surface area contributed by atoms with Crippen molar-refractivity contribution in [3.05, 3.63) is 58.4 Å². The number of carbonyl (C=O) groups excluding carboxylic acids is 1. The number of aliphatic hydroxyl groups is 1. The molecule has 2 aliphatic rings. The second-order valence-corrected chi connectivity index (χ2v) is 13.5. The van der Waals surface area contributed by atoms with Crippen LogP contribution >= 0.6 is 11.6 Å². The van der Waals surface area contributed by atoms with E-state index in [2.05, 4.69) is 10.6 Å². The Morgan fingerprint density at radius 2 is 1.65 bits per heavy atom. The first kappa shape index (κ1) is 30.3. The van der Waals surface area contributed by atoms with Gasteiger partial charge in [0.05, 0.1) is 20.8 Å². The molecule has 4 rings (SSSR count). The van der Waals surface area contributed by atoms with Gasteiger partial charge in [-0.2, -0.15) is 0 Å². The Balaban J connectivity index is 1.53. The van der Waals surface area contributed by atoms with Crippen LogP contribution in [0.4, 0.5) is 18.9 Å². The number of anilines is 1. The number of rotatable bonds is 9. The van der Waals surface area contributed by atoms with Crippen LogP contribution in [0.1, 0.15) is 49.9 Å². The normalized spacial score (nSPS) is 25.1. The lowest BCUT2D eigenvalue weighted by Gasteiger charge is -2.43. The average Bonchev–Trinajstić information content (AvgIpc) is 3.03. The summed E-state index contributed by atoms with van der Waals surface area (Å²) in [6, 6.07) is 3.88. The molecular weight excluding hydrogens is 573 g/mol. The highest BCUT2D eigenvalue weighted by Crippen LogP contribution is 2.52. The van der Waals surface area contributed by atoms with Gasteiger partial charge in [-0.05, 0) is 61.6 Å². The quantitative estimate of drug-likeness (QED) is 0.313. The highest BCUT2D eigenvalue weighted by molar-refractivity contribution is 7.92. The summed E-state index contributed by atoms with van der Waals surface area (Å²) in [5.74, 6) is -7.62. The van der Waals surface area contributed by atoms with Crippen LogP contribution in [-0.2, 0) is 14.6 Å². The van der Waals surface area contributed by atoms with Crippen LogP contribution in [0.15, 0.2) is 35.2 Å². The Hall–Kier alpha value is -2.67. The molecule has 2 aromatic carbocycles. The molecule has 0 heterocycles. The van der Waals surface area contributed by atoms with Crippen molar-refractivity contribution in [2.45, 2.75) is 61.3 Å². The summed E-state index contributed by atoms with van der Waals surface area (Å²) in [6.07, 6.45) is 1.40. The van der Waals surface area contributed by atoms with Gasteiger partial charge in [0.15, 0.2) is 27.3 Å². The molecule has 2 aliphatic carbocycles. The van der Waals surface area contributed by atoms with Crippen LogP contribution < -0.4 is 10.6 Å². The van der Waals surface area contributed by atoms with Gasteiger partial charge in [0.25, 0.3) is 5.91 Å². The minimum Gasteiger partial charge on any atom is -0.480 e. The SMILES string of the molecule is CC(C)[C@H](NC[C@]1(O)C2CCC1C[C@@H](S(=O)(=O)c1cc(C(=O)Nc3cc(F)c(F)c(F)c3)ccc1Cl)C2)C(=O)O. The Morgan fingerprint density at radius 1 is 1.07 bits per heavy atom. The van der Waals surface area contributed by atoms with Gasteiger partial charge in [-0.15, -0.1) is 0 Å². The number of hydrogen-bond donors (Lipinski definition) is 4. The predicted octanol–water partition coefficient (Wildman–Crippen LogP) is 4.40. The summed E-state index contributed by atoms with van der Waals surface area (Å²) < 4.78 is 67.7. The molecule has 40 heavy (non-hydrogen) atoms. The molecule has 2 saturated carbocycles. The molecule has 3 atom stereocenters. The largest absolute Gasteiger partial charge is 0.480 e. The van der Waals surface area contributed by atoms with Crippen molar-refractivity contribution in [3.63, 3.8) is 0 Å². The zero-order valence-corrected chi connectivity index (χ0v) is 23.3. The van der Waals surface area contributed by atoms with Gasteiger partial charge in [-0.25, -0.2) is 21.6 Å². The highest BCUT2D eigenvalue weighted by Gasteiger charge is 2.55. The maximum atomic E-state index is 13.7. The Bertz CT molecular complexity index is 1400. The number of fused-ring (bicyclic) bond motifs is 2. The minimum atomic E-state index is -4.08. The second kappa shape index (κ2) is 11.3. The fraction of sp³-hybridized carbons (Fsp3) is 0.481. The van der Waals surface area contributed by atoms with E-state index >= 15 is 0 Å². The summed E-state index contributed by atoms with van der Waals surface area (Å²) in [4.78, 5) is 24.0. The van der Waals surface area contributed by atoms with Gasteiger partial charge in [0, 0.05) is 29.9 Å². The fourth-order valence-corrected chi connectivity index (χ4v) is 8.31. The molecule has 13 heteroatoms. The third kappa shape index (κ3) is 5.72. The van der Waals surface area contributed by atoms with Crippen molar-refractivity contribution in [1.82, 2.24) is 5.32 Å². The monoisotopic (exact) mass is 602 g/mol. The summed E-state index contributed by atoms with van der Waals surface area (Å²) in [5.41, 5.74) is -1.78. The van der Waals surface area contributed by atoms with Gasteiger partial charge >= 0.3 is 5.97 Å². The lowest BCUT2D eigenvalue weighted by atomic mass is 9.74. The van der Waals surface area contributed by atoms with Gasteiger partial charge in [0.1, 0.15) is 6.04 Å². The standard InChI is InChI=1S/C27H30ClF3N2O6S/c1-13(2)24(26(35)36)32-12-27(37)15-4-5-16(27)9-18(8-15)40(38,39)22-7-14(3-6-19(22)28)25(34)33-17-10-20(29)23(31)21(30)11-17/h3,6-7,10-11,13,15-16,18,24,32,37H,4-5,8-9,12H2,1-2H3,(H,33,34)(H,35,36)/t15?,16?,18-,24-,27-/m0/s1. The summed E-state index contributed by atoms with van der Waals surface area (Å²) in [7, 11) is -4.08. The maximum Gasteiger partial charge on any atom is 0.320 e. The molecule has 0 spiro atoms. The van der Waals surface area contributed by atoms with Crippen molar-refractivity contribution in [2.75, 3.05) is 11.9 Å². The van der Waals surface area contributed by atoms with Crippen LogP contribution in [0, 0.1) is 35.2 Å². The number of carbonyl (C=O) groups is 2. The van der Waals surface area contributed by atoms with Gasteiger partial charge in [-0.3, -0.25) is 9.59 Å². The molecule has 2 unspecified atom stereocenters. The van der Waals surface area contributed by atoms with Crippen molar-refractivity contribution >= 4 is 39.0 Å². The molecule has 0 saturated heterocycles. The Labute approximate surface area is 234 Å². The van der Waals surface area contributed by atoms with E-state index in [1.54, 1.807) is 13.8 Å². The van der Waals surface area contributed by atoms with Crippen molar-refractivity contribution in [2.24, 2.45) is 17.8 Å². The van der Waals surface area contributed by atoms with Gasteiger partial charge in [0.2, 0.25) is 0 Å². The van der Waals surface area contributed by atoms with Crippen molar-refractivity contribution in [3.8, 4) is 0 Å². The number of benzene rings is 2. The third-order valence-corrected chi connectivity index (χ3v) is 10.7. The lowest BCUT2D eigenvalue weighted by molar-refractivity contribution is -0.141.